The van der Waals surface area contributed by atoms with Crippen LogP contribution in [0.2, 0.25) is 0 Å². The average molecular weight is 262 g/mol. The van der Waals surface area contributed by atoms with E-state index in [1.54, 1.807) is 11.3 Å². The molecular weight excluding hydrogens is 248 g/mol. The van der Waals surface area contributed by atoms with Crippen LogP contribution in [0.4, 0.5) is 10.6 Å². The molecule has 0 bridgehead atoms. The Balaban J connectivity index is 2.17. The molecule has 0 saturated carbocycles. The van der Waals surface area contributed by atoms with Gasteiger partial charge in [0.25, 0.3) is 0 Å². The lowest BCUT2D eigenvalue weighted by atomic mass is 10.1. The maximum atomic E-state index is 11.5. The van der Waals surface area contributed by atoms with Crippen LogP contribution in [0.5, 0.6) is 0 Å². The summed E-state index contributed by atoms with van der Waals surface area (Å²) in [7, 11) is 0. The topological polar surface area (TPSA) is 72.9 Å². The number of nitrogens with two attached hydrogens (primary N) is 1. The molecule has 0 radical (unpaired) electrons. The fourth-order valence-corrected chi connectivity index (χ4v) is 3.01. The van der Waals surface area contributed by atoms with Crippen molar-refractivity contribution in [3.63, 3.8) is 0 Å². The molecule has 0 atom stereocenters. The number of amides is 1. The number of nitrogens with zero attached hydrogens (tertiary/aromatic N) is 2. The van der Waals surface area contributed by atoms with E-state index in [9.17, 15) is 4.79 Å². The number of primary amides is 1. The van der Waals surface area contributed by atoms with Gasteiger partial charge in [-0.2, -0.15) is 9.78 Å². The minimum Gasteiger partial charge on any atom is -0.370 e. The minimum absolute atomic E-state index is 0.538. The zero-order valence-electron chi connectivity index (χ0n) is 9.85. The monoisotopic (exact) mass is 262 g/mol. The molecule has 0 aliphatic carbocycles. The van der Waals surface area contributed by atoms with Crippen LogP contribution in [0.3, 0.4) is 0 Å². The number of hydrogen-bond acceptors (Lipinski definition) is 4. The number of carbonyl (C=O) groups is 1. The number of nitrogens with one attached hydrogen (secondary N) is 1. The number of hydrogen-bond donors (Lipinski definition) is 2. The van der Waals surface area contributed by atoms with Crippen LogP contribution in [0.1, 0.15) is 18.4 Å². The maximum absolute atomic E-state index is 11.5. The van der Waals surface area contributed by atoms with Crippen molar-refractivity contribution in [3.8, 4) is 10.6 Å². The molecule has 2 aromatic heterocycles. The first-order chi connectivity index (χ1) is 8.77. The molecule has 2 aromatic rings. The summed E-state index contributed by atoms with van der Waals surface area (Å²) in [6.07, 6.45) is 3.13. The summed E-state index contributed by atoms with van der Waals surface area (Å²) in [5, 5.41) is 9.64. The van der Waals surface area contributed by atoms with Gasteiger partial charge in [0, 0.05) is 12.1 Å². The van der Waals surface area contributed by atoms with Gasteiger partial charge in [-0.1, -0.05) is 6.07 Å². The van der Waals surface area contributed by atoms with Gasteiger partial charge in [0.2, 0.25) is 0 Å². The van der Waals surface area contributed by atoms with Crippen molar-refractivity contribution in [3.05, 3.63) is 23.1 Å². The predicted molar refractivity (Wildman–Crippen MR) is 71.9 cm³/mol. The number of carbonyl (C=O) groups excluding carboxylic acids is 1. The highest BCUT2D eigenvalue weighted by Gasteiger charge is 2.23. The van der Waals surface area contributed by atoms with Crippen molar-refractivity contribution in [2.75, 3.05) is 11.9 Å². The second kappa shape index (κ2) is 4.45. The van der Waals surface area contributed by atoms with Crippen LogP contribution in [-0.4, -0.2) is 22.4 Å². The minimum atomic E-state index is -0.538. The van der Waals surface area contributed by atoms with Crippen molar-refractivity contribution in [2.24, 2.45) is 5.73 Å². The van der Waals surface area contributed by atoms with Crippen LogP contribution >= 0.6 is 11.3 Å². The highest BCUT2D eigenvalue weighted by Crippen LogP contribution is 2.34. The van der Waals surface area contributed by atoms with E-state index in [1.807, 2.05) is 17.5 Å². The molecule has 94 valence electrons. The third-order valence-corrected chi connectivity index (χ3v) is 3.97. The molecule has 1 amide bonds. The third-order valence-electron chi connectivity index (χ3n) is 3.09. The predicted octanol–water partition coefficient (Wildman–Crippen LogP) is 2.29. The molecule has 1 aliphatic heterocycles. The summed E-state index contributed by atoms with van der Waals surface area (Å²) in [5.74, 6) is 0.767. The number of anilines is 1. The lowest BCUT2D eigenvalue weighted by Gasteiger charge is -2.04. The lowest BCUT2D eigenvalue weighted by molar-refractivity contribution is 0.248. The van der Waals surface area contributed by atoms with Gasteiger partial charge in [0.15, 0.2) is 0 Å². The molecule has 0 unspecified atom stereocenters. The van der Waals surface area contributed by atoms with Gasteiger partial charge in [-0.3, -0.25) is 0 Å². The van der Waals surface area contributed by atoms with Crippen molar-refractivity contribution >= 4 is 23.2 Å². The number of aromatic nitrogens is 2. The number of thiophene rings is 1. The number of fused-ring (bicyclic) bond motifs is 1. The van der Waals surface area contributed by atoms with Crippen molar-refractivity contribution in [1.82, 2.24) is 9.78 Å². The summed E-state index contributed by atoms with van der Waals surface area (Å²) >= 11 is 1.62. The van der Waals surface area contributed by atoms with E-state index < -0.39 is 6.03 Å². The summed E-state index contributed by atoms with van der Waals surface area (Å²) < 4.78 is 1.29. The Labute approximate surface area is 109 Å². The maximum Gasteiger partial charge on any atom is 0.341 e. The van der Waals surface area contributed by atoms with E-state index in [0.717, 1.165) is 47.8 Å². The molecule has 6 heteroatoms. The van der Waals surface area contributed by atoms with Gasteiger partial charge in [-0.05, 0) is 30.7 Å². The SMILES string of the molecule is NC(=O)n1nc(-c2cccs2)c2c1NCCCC2. The summed E-state index contributed by atoms with van der Waals surface area (Å²) in [4.78, 5) is 12.5. The Hall–Kier alpha value is -1.82. The zero-order valence-corrected chi connectivity index (χ0v) is 10.7. The van der Waals surface area contributed by atoms with E-state index in [4.69, 9.17) is 5.73 Å². The molecule has 0 spiro atoms. The normalized spacial score (nSPS) is 14.7. The van der Waals surface area contributed by atoms with E-state index in [-0.39, 0.29) is 0 Å². The largest absolute Gasteiger partial charge is 0.370 e. The average Bonchev–Trinajstić information content (AvgIpc) is 2.91. The Bertz CT molecular complexity index is 573. The summed E-state index contributed by atoms with van der Waals surface area (Å²) in [5.41, 5.74) is 7.37. The Kier molecular flexibility index (Phi) is 2.79. The van der Waals surface area contributed by atoms with Gasteiger partial charge < -0.3 is 11.1 Å². The van der Waals surface area contributed by atoms with Crippen LogP contribution in [0, 0.1) is 0 Å². The molecule has 3 rings (SSSR count). The Morgan fingerprint density at radius 2 is 2.39 bits per heavy atom. The van der Waals surface area contributed by atoms with Crippen LogP contribution in [-0.2, 0) is 6.42 Å². The highest BCUT2D eigenvalue weighted by atomic mass is 32.1. The first-order valence-electron chi connectivity index (χ1n) is 5.97. The number of rotatable bonds is 1. The van der Waals surface area contributed by atoms with E-state index in [2.05, 4.69) is 10.4 Å². The van der Waals surface area contributed by atoms with E-state index >= 15 is 0 Å². The Morgan fingerprint density at radius 3 is 3.11 bits per heavy atom. The molecule has 5 nitrogen and oxygen atoms in total. The highest BCUT2D eigenvalue weighted by molar-refractivity contribution is 7.13. The molecular formula is C12H14N4OS. The fraction of sp³-hybridized carbons (Fsp3) is 0.333. The first-order valence-corrected chi connectivity index (χ1v) is 6.85. The second-order valence-corrected chi connectivity index (χ2v) is 5.23. The zero-order chi connectivity index (χ0) is 12.5. The first kappa shape index (κ1) is 11.3. The molecule has 18 heavy (non-hydrogen) atoms. The van der Waals surface area contributed by atoms with Crippen molar-refractivity contribution < 1.29 is 4.79 Å². The van der Waals surface area contributed by atoms with E-state index in [1.165, 1.54) is 4.68 Å². The smallest absolute Gasteiger partial charge is 0.341 e. The summed E-state index contributed by atoms with van der Waals surface area (Å²) in [6, 6.07) is 3.46. The molecule has 3 heterocycles. The van der Waals surface area contributed by atoms with Gasteiger partial charge in [0.05, 0.1) is 4.88 Å². The summed E-state index contributed by atoms with van der Waals surface area (Å²) in [6.45, 7) is 0.857. The van der Waals surface area contributed by atoms with Crippen molar-refractivity contribution in [1.29, 1.82) is 0 Å². The molecule has 3 N–H and O–H groups in total. The second-order valence-electron chi connectivity index (χ2n) is 4.29. The molecule has 0 saturated heterocycles. The van der Waals surface area contributed by atoms with Gasteiger partial charge in [0.1, 0.15) is 11.5 Å². The lowest BCUT2D eigenvalue weighted by Crippen LogP contribution is -2.23. The van der Waals surface area contributed by atoms with Gasteiger partial charge in [-0.15, -0.1) is 11.3 Å². The molecule has 0 fully saturated rings. The fourth-order valence-electron chi connectivity index (χ4n) is 2.27. The van der Waals surface area contributed by atoms with Crippen LogP contribution in [0.15, 0.2) is 17.5 Å². The van der Waals surface area contributed by atoms with Crippen LogP contribution < -0.4 is 11.1 Å². The van der Waals surface area contributed by atoms with Gasteiger partial charge in [-0.25, -0.2) is 4.79 Å². The Morgan fingerprint density at radius 1 is 1.50 bits per heavy atom. The molecule has 1 aliphatic rings. The standard InChI is InChI=1S/C12H14N4OS/c13-12(17)16-11-8(4-1-2-6-14-11)10(15-16)9-5-3-7-18-9/h3,5,7,14H,1-2,4,6H2,(H2,13,17). The van der Waals surface area contributed by atoms with Crippen LogP contribution in [0.25, 0.3) is 10.6 Å². The van der Waals surface area contributed by atoms with Gasteiger partial charge >= 0.3 is 6.03 Å². The van der Waals surface area contributed by atoms with Crippen molar-refractivity contribution in [2.45, 2.75) is 19.3 Å². The third kappa shape index (κ3) is 1.78. The van der Waals surface area contributed by atoms with E-state index in [0.29, 0.717) is 0 Å². The molecule has 0 aromatic carbocycles. The quantitative estimate of drug-likeness (QED) is 0.828.